The molecular weight excluding hydrogens is 295 g/mol. The maximum Gasteiger partial charge on any atom is 0.137 e. The third kappa shape index (κ3) is 4.04. The first-order chi connectivity index (χ1) is 8.65. The van der Waals surface area contributed by atoms with E-state index in [4.69, 9.17) is 0 Å². The molecule has 0 amide bonds. The molecule has 100 valence electrons. The quantitative estimate of drug-likeness (QED) is 0.898. The molecule has 1 fully saturated rings. The van der Waals surface area contributed by atoms with Crippen LogP contribution in [0.2, 0.25) is 0 Å². The largest absolute Gasteiger partial charge is 0.309 e. The second kappa shape index (κ2) is 6.64. The average molecular weight is 315 g/mol. The number of hydrogen-bond donors (Lipinski definition) is 1. The molecule has 0 radical (unpaired) electrons. The van der Waals surface area contributed by atoms with Crippen molar-refractivity contribution in [3.8, 4) is 0 Å². The Kier molecular flexibility index (Phi) is 5.15. The summed E-state index contributed by atoms with van der Waals surface area (Å²) < 4.78 is 13.9. The smallest absolute Gasteiger partial charge is 0.137 e. The average Bonchev–Trinajstić information content (AvgIpc) is 2.83. The van der Waals surface area contributed by atoms with E-state index in [0.29, 0.717) is 10.5 Å². The van der Waals surface area contributed by atoms with Crippen molar-refractivity contribution in [3.63, 3.8) is 0 Å². The summed E-state index contributed by atoms with van der Waals surface area (Å²) in [5.41, 5.74) is 0.990. The first-order valence-electron chi connectivity index (χ1n) is 6.55. The molecule has 1 aromatic rings. The highest BCUT2D eigenvalue weighted by Crippen LogP contribution is 2.16. The van der Waals surface area contributed by atoms with Gasteiger partial charge in [0, 0.05) is 19.1 Å². The van der Waals surface area contributed by atoms with E-state index in [0.717, 1.165) is 18.7 Å². The Morgan fingerprint density at radius 2 is 2.11 bits per heavy atom. The second-order valence-corrected chi connectivity index (χ2v) is 5.89. The molecule has 0 aliphatic carbocycles. The molecule has 1 aromatic carbocycles. The Morgan fingerprint density at radius 1 is 1.39 bits per heavy atom. The van der Waals surface area contributed by atoms with Crippen LogP contribution in [0.25, 0.3) is 0 Å². The number of benzene rings is 1. The van der Waals surface area contributed by atoms with Gasteiger partial charge in [-0.15, -0.1) is 0 Å². The lowest BCUT2D eigenvalue weighted by Crippen LogP contribution is -2.37. The molecule has 0 bridgehead atoms. The van der Waals surface area contributed by atoms with Gasteiger partial charge in [0.15, 0.2) is 0 Å². The Hall–Kier alpha value is -0.450. The molecule has 1 N–H and O–H groups in total. The van der Waals surface area contributed by atoms with Crippen molar-refractivity contribution in [1.82, 2.24) is 10.2 Å². The summed E-state index contributed by atoms with van der Waals surface area (Å²) in [6, 6.07) is 5.73. The van der Waals surface area contributed by atoms with Crippen LogP contribution in [0.1, 0.15) is 25.3 Å². The first kappa shape index (κ1) is 14.0. The van der Waals surface area contributed by atoms with Crippen LogP contribution in [-0.4, -0.2) is 30.6 Å². The highest BCUT2D eigenvalue weighted by Gasteiger charge is 2.14. The van der Waals surface area contributed by atoms with E-state index in [-0.39, 0.29) is 5.82 Å². The van der Waals surface area contributed by atoms with Crippen LogP contribution in [0.4, 0.5) is 4.39 Å². The number of halogens is 2. The van der Waals surface area contributed by atoms with E-state index in [2.05, 4.69) is 33.1 Å². The van der Waals surface area contributed by atoms with Crippen molar-refractivity contribution in [2.45, 2.75) is 32.4 Å². The van der Waals surface area contributed by atoms with E-state index in [1.54, 1.807) is 12.1 Å². The van der Waals surface area contributed by atoms with Gasteiger partial charge in [0.1, 0.15) is 5.82 Å². The highest BCUT2D eigenvalue weighted by atomic mass is 79.9. The van der Waals surface area contributed by atoms with E-state index in [1.807, 2.05) is 6.07 Å². The van der Waals surface area contributed by atoms with Gasteiger partial charge < -0.3 is 10.2 Å². The van der Waals surface area contributed by atoms with Gasteiger partial charge in [-0.05, 0) is 66.5 Å². The normalized spacial score (nSPS) is 18.2. The van der Waals surface area contributed by atoms with Crippen molar-refractivity contribution < 1.29 is 4.39 Å². The maximum atomic E-state index is 13.3. The summed E-state index contributed by atoms with van der Waals surface area (Å²) in [7, 11) is 0. The van der Waals surface area contributed by atoms with Crippen LogP contribution in [0.3, 0.4) is 0 Å². The number of rotatable bonds is 5. The predicted octanol–water partition coefficient (Wildman–Crippen LogP) is 3.16. The molecule has 1 saturated heterocycles. The highest BCUT2D eigenvalue weighted by molar-refractivity contribution is 9.10. The van der Waals surface area contributed by atoms with Crippen molar-refractivity contribution in [3.05, 3.63) is 34.1 Å². The molecule has 1 atom stereocenters. The van der Waals surface area contributed by atoms with Gasteiger partial charge in [-0.3, -0.25) is 0 Å². The molecule has 0 aromatic heterocycles. The van der Waals surface area contributed by atoms with E-state index < -0.39 is 0 Å². The number of nitrogens with zero attached hydrogens (tertiary/aromatic N) is 1. The zero-order chi connectivity index (χ0) is 13.0. The lowest BCUT2D eigenvalue weighted by molar-refractivity contribution is 0.298. The SMILES string of the molecule is CC(CN1CCCC1)NCc1ccc(Br)c(F)c1. The summed E-state index contributed by atoms with van der Waals surface area (Å²) in [6.07, 6.45) is 2.65. The van der Waals surface area contributed by atoms with E-state index in [9.17, 15) is 4.39 Å². The van der Waals surface area contributed by atoms with Gasteiger partial charge in [0.25, 0.3) is 0 Å². The fraction of sp³-hybridized carbons (Fsp3) is 0.571. The summed E-state index contributed by atoms with van der Waals surface area (Å²) in [5.74, 6) is -0.193. The molecular formula is C14H20BrFN2. The van der Waals surface area contributed by atoms with E-state index >= 15 is 0 Å². The van der Waals surface area contributed by atoms with Gasteiger partial charge in [0.05, 0.1) is 4.47 Å². The van der Waals surface area contributed by atoms with Gasteiger partial charge in [-0.2, -0.15) is 0 Å². The molecule has 2 nitrogen and oxygen atoms in total. The van der Waals surface area contributed by atoms with Crippen LogP contribution >= 0.6 is 15.9 Å². The Labute approximate surface area is 117 Å². The molecule has 1 unspecified atom stereocenters. The molecule has 0 spiro atoms. The minimum atomic E-state index is -0.193. The Morgan fingerprint density at radius 3 is 2.78 bits per heavy atom. The monoisotopic (exact) mass is 314 g/mol. The number of hydrogen-bond acceptors (Lipinski definition) is 2. The minimum absolute atomic E-state index is 0.193. The van der Waals surface area contributed by atoms with Crippen molar-refractivity contribution in [1.29, 1.82) is 0 Å². The van der Waals surface area contributed by atoms with Gasteiger partial charge in [0.2, 0.25) is 0 Å². The Bertz CT molecular complexity index is 391. The van der Waals surface area contributed by atoms with Crippen LogP contribution in [-0.2, 0) is 6.54 Å². The molecule has 4 heteroatoms. The van der Waals surface area contributed by atoms with Crippen molar-refractivity contribution >= 4 is 15.9 Å². The Balaban J connectivity index is 1.77. The van der Waals surface area contributed by atoms with Crippen LogP contribution in [0, 0.1) is 5.82 Å². The first-order valence-corrected chi connectivity index (χ1v) is 7.34. The number of nitrogens with one attached hydrogen (secondary N) is 1. The zero-order valence-electron chi connectivity index (χ0n) is 10.8. The number of likely N-dealkylation sites (tertiary alicyclic amines) is 1. The predicted molar refractivity (Wildman–Crippen MR) is 76.1 cm³/mol. The molecule has 2 rings (SSSR count). The van der Waals surface area contributed by atoms with Crippen LogP contribution in [0.5, 0.6) is 0 Å². The van der Waals surface area contributed by atoms with Crippen molar-refractivity contribution in [2.24, 2.45) is 0 Å². The van der Waals surface area contributed by atoms with Crippen LogP contribution in [0.15, 0.2) is 22.7 Å². The molecule has 1 heterocycles. The maximum absolute atomic E-state index is 13.3. The van der Waals surface area contributed by atoms with Crippen LogP contribution < -0.4 is 5.32 Å². The fourth-order valence-electron chi connectivity index (χ4n) is 2.36. The fourth-order valence-corrected chi connectivity index (χ4v) is 2.61. The van der Waals surface area contributed by atoms with Gasteiger partial charge >= 0.3 is 0 Å². The standard InChI is InChI=1S/C14H20BrFN2/c1-11(10-18-6-2-3-7-18)17-9-12-4-5-13(15)14(16)8-12/h4-5,8,11,17H,2-3,6-7,9-10H2,1H3. The third-order valence-electron chi connectivity index (χ3n) is 3.37. The summed E-state index contributed by atoms with van der Waals surface area (Å²) in [5, 5.41) is 3.45. The summed E-state index contributed by atoms with van der Waals surface area (Å²) in [4.78, 5) is 2.49. The third-order valence-corrected chi connectivity index (χ3v) is 4.01. The minimum Gasteiger partial charge on any atom is -0.309 e. The lowest BCUT2D eigenvalue weighted by Gasteiger charge is -2.21. The van der Waals surface area contributed by atoms with E-state index in [1.165, 1.54) is 25.9 Å². The summed E-state index contributed by atoms with van der Waals surface area (Å²) in [6.45, 7) is 6.43. The lowest BCUT2D eigenvalue weighted by atomic mass is 10.2. The zero-order valence-corrected chi connectivity index (χ0v) is 12.3. The molecule has 1 aliphatic rings. The second-order valence-electron chi connectivity index (χ2n) is 5.04. The summed E-state index contributed by atoms with van der Waals surface area (Å²) >= 11 is 3.17. The molecule has 0 saturated carbocycles. The molecule has 18 heavy (non-hydrogen) atoms. The van der Waals surface area contributed by atoms with Gasteiger partial charge in [-0.1, -0.05) is 6.07 Å². The van der Waals surface area contributed by atoms with Crippen molar-refractivity contribution in [2.75, 3.05) is 19.6 Å². The van der Waals surface area contributed by atoms with Gasteiger partial charge in [-0.25, -0.2) is 4.39 Å². The topological polar surface area (TPSA) is 15.3 Å². The molecule has 1 aliphatic heterocycles.